The van der Waals surface area contributed by atoms with E-state index in [2.05, 4.69) is 15.2 Å². The van der Waals surface area contributed by atoms with Gasteiger partial charge in [0, 0.05) is 25.4 Å². The van der Waals surface area contributed by atoms with Crippen LogP contribution in [0.2, 0.25) is 0 Å². The summed E-state index contributed by atoms with van der Waals surface area (Å²) in [6.07, 6.45) is 2.59. The van der Waals surface area contributed by atoms with E-state index < -0.39 is 14.8 Å². The van der Waals surface area contributed by atoms with Gasteiger partial charge in [0.1, 0.15) is 11.5 Å². The van der Waals surface area contributed by atoms with E-state index in [0.717, 1.165) is 31.2 Å². The Hall–Kier alpha value is -2.68. The standard InChI is InChI=1S/C16H20N4O4S/c1-4-19(5-2)16-9-6-12(11-17-16)18-14-8-7-13(25(3,23)24)10-15(14)20(21)22/h6-11,18H,4-5H2,1-3H3. The third-order valence-electron chi connectivity index (χ3n) is 3.71. The Balaban J connectivity index is 2.32. The first kappa shape index (κ1) is 18.7. The normalized spacial score (nSPS) is 11.2. The van der Waals surface area contributed by atoms with E-state index in [1.54, 1.807) is 12.3 Å². The molecule has 134 valence electrons. The molecule has 8 nitrogen and oxygen atoms in total. The Bertz CT molecular complexity index is 862. The van der Waals surface area contributed by atoms with Crippen molar-refractivity contribution in [3.8, 4) is 0 Å². The van der Waals surface area contributed by atoms with Crippen LogP contribution in [0.1, 0.15) is 13.8 Å². The van der Waals surface area contributed by atoms with Gasteiger partial charge in [-0.25, -0.2) is 13.4 Å². The molecule has 0 aliphatic rings. The number of sulfone groups is 1. The second-order valence-electron chi connectivity index (χ2n) is 5.41. The van der Waals surface area contributed by atoms with Crippen LogP contribution in [0, 0.1) is 10.1 Å². The molecule has 2 aromatic rings. The highest BCUT2D eigenvalue weighted by molar-refractivity contribution is 7.90. The minimum absolute atomic E-state index is 0.0974. The summed E-state index contributed by atoms with van der Waals surface area (Å²) in [5, 5.41) is 14.2. The molecule has 1 N–H and O–H groups in total. The van der Waals surface area contributed by atoms with E-state index in [9.17, 15) is 18.5 Å². The van der Waals surface area contributed by atoms with Crippen LogP contribution in [0.3, 0.4) is 0 Å². The molecule has 0 unspecified atom stereocenters. The number of nitro groups is 1. The van der Waals surface area contributed by atoms with Crippen molar-refractivity contribution in [3.63, 3.8) is 0 Å². The van der Waals surface area contributed by atoms with Gasteiger partial charge in [-0.1, -0.05) is 0 Å². The summed E-state index contributed by atoms with van der Waals surface area (Å²) in [6, 6.07) is 7.37. The molecule has 0 bridgehead atoms. The number of aromatic nitrogens is 1. The molecule has 0 spiro atoms. The number of anilines is 3. The zero-order chi connectivity index (χ0) is 18.6. The summed E-state index contributed by atoms with van der Waals surface area (Å²) in [7, 11) is -3.52. The maximum absolute atomic E-state index is 11.6. The Kier molecular flexibility index (Phi) is 5.58. The van der Waals surface area contributed by atoms with Gasteiger partial charge in [-0.3, -0.25) is 10.1 Å². The first-order chi connectivity index (χ1) is 11.8. The van der Waals surface area contributed by atoms with Crippen molar-refractivity contribution >= 4 is 32.7 Å². The molecule has 2 rings (SSSR count). The van der Waals surface area contributed by atoms with Gasteiger partial charge < -0.3 is 10.2 Å². The highest BCUT2D eigenvalue weighted by Crippen LogP contribution is 2.30. The minimum atomic E-state index is -3.52. The Morgan fingerprint density at radius 3 is 2.36 bits per heavy atom. The van der Waals surface area contributed by atoms with E-state index in [4.69, 9.17) is 0 Å². The predicted molar refractivity (Wildman–Crippen MR) is 97.3 cm³/mol. The lowest BCUT2D eigenvalue weighted by Crippen LogP contribution is -2.22. The molecule has 0 amide bonds. The van der Waals surface area contributed by atoms with Gasteiger partial charge in [-0.05, 0) is 38.1 Å². The van der Waals surface area contributed by atoms with Gasteiger partial charge in [-0.15, -0.1) is 0 Å². The highest BCUT2D eigenvalue weighted by Gasteiger charge is 2.19. The van der Waals surface area contributed by atoms with Crippen molar-refractivity contribution in [2.24, 2.45) is 0 Å². The van der Waals surface area contributed by atoms with Crippen LogP contribution in [-0.2, 0) is 9.84 Å². The van der Waals surface area contributed by atoms with Crippen molar-refractivity contribution < 1.29 is 13.3 Å². The Morgan fingerprint density at radius 1 is 1.20 bits per heavy atom. The van der Waals surface area contributed by atoms with Gasteiger partial charge in [-0.2, -0.15) is 0 Å². The molecule has 9 heteroatoms. The van der Waals surface area contributed by atoms with E-state index in [0.29, 0.717) is 5.69 Å². The second kappa shape index (κ2) is 7.47. The van der Waals surface area contributed by atoms with Crippen LogP contribution >= 0.6 is 0 Å². The predicted octanol–water partition coefficient (Wildman–Crippen LogP) is 2.98. The number of benzene rings is 1. The van der Waals surface area contributed by atoms with Gasteiger partial charge >= 0.3 is 0 Å². The lowest BCUT2D eigenvalue weighted by molar-refractivity contribution is -0.384. The lowest BCUT2D eigenvalue weighted by Gasteiger charge is -2.19. The largest absolute Gasteiger partial charge is 0.357 e. The van der Waals surface area contributed by atoms with Crippen molar-refractivity contribution in [1.82, 2.24) is 4.98 Å². The van der Waals surface area contributed by atoms with E-state index in [1.165, 1.54) is 12.1 Å². The third-order valence-corrected chi connectivity index (χ3v) is 4.82. The Morgan fingerprint density at radius 2 is 1.88 bits per heavy atom. The van der Waals surface area contributed by atoms with Crippen LogP contribution in [0.5, 0.6) is 0 Å². The average molecular weight is 364 g/mol. The topological polar surface area (TPSA) is 105 Å². The first-order valence-corrected chi connectivity index (χ1v) is 9.62. The summed E-state index contributed by atoms with van der Waals surface area (Å²) in [5.41, 5.74) is 0.469. The summed E-state index contributed by atoms with van der Waals surface area (Å²) in [5.74, 6) is 0.817. The molecule has 0 fully saturated rings. The molecule has 0 atom stereocenters. The quantitative estimate of drug-likeness (QED) is 0.594. The maximum Gasteiger partial charge on any atom is 0.293 e. The molecule has 0 radical (unpaired) electrons. The number of pyridine rings is 1. The molecule has 1 aromatic carbocycles. The second-order valence-corrected chi connectivity index (χ2v) is 7.43. The monoisotopic (exact) mass is 364 g/mol. The number of rotatable bonds is 7. The molecule has 0 aliphatic carbocycles. The summed E-state index contributed by atoms with van der Waals surface area (Å²) >= 11 is 0. The molecule has 0 aliphatic heterocycles. The SMILES string of the molecule is CCN(CC)c1ccc(Nc2ccc(S(C)(=O)=O)cc2[N+](=O)[O-])cn1. The fourth-order valence-electron chi connectivity index (χ4n) is 2.35. The van der Waals surface area contributed by atoms with Gasteiger partial charge in [0.15, 0.2) is 9.84 Å². The van der Waals surface area contributed by atoms with Crippen molar-refractivity contribution in [1.29, 1.82) is 0 Å². The van der Waals surface area contributed by atoms with Gasteiger partial charge in [0.2, 0.25) is 0 Å². The van der Waals surface area contributed by atoms with E-state index in [1.807, 2.05) is 19.9 Å². The van der Waals surface area contributed by atoms with E-state index in [-0.39, 0.29) is 16.3 Å². The Labute approximate surface area is 146 Å². The van der Waals surface area contributed by atoms with Crippen LogP contribution in [0.4, 0.5) is 22.9 Å². The zero-order valence-corrected chi connectivity index (χ0v) is 15.1. The zero-order valence-electron chi connectivity index (χ0n) is 14.3. The number of hydrogen-bond donors (Lipinski definition) is 1. The van der Waals surface area contributed by atoms with Crippen molar-refractivity contribution in [2.45, 2.75) is 18.7 Å². The number of nitro benzene ring substituents is 1. The first-order valence-electron chi connectivity index (χ1n) is 7.72. The summed E-state index contributed by atoms with van der Waals surface area (Å²) in [6.45, 7) is 5.72. The average Bonchev–Trinajstić information content (AvgIpc) is 2.56. The van der Waals surface area contributed by atoms with Crippen molar-refractivity contribution in [2.75, 3.05) is 29.6 Å². The molecule has 0 saturated carbocycles. The lowest BCUT2D eigenvalue weighted by atomic mass is 10.2. The molecule has 1 heterocycles. The van der Waals surface area contributed by atoms with Crippen LogP contribution < -0.4 is 10.2 Å². The van der Waals surface area contributed by atoms with Crippen LogP contribution in [0.15, 0.2) is 41.4 Å². The number of nitrogens with one attached hydrogen (secondary N) is 1. The van der Waals surface area contributed by atoms with Gasteiger partial charge in [0.05, 0.1) is 21.7 Å². The number of hydrogen-bond acceptors (Lipinski definition) is 7. The molecule has 0 saturated heterocycles. The number of nitrogens with zero attached hydrogens (tertiary/aromatic N) is 3. The third kappa shape index (κ3) is 4.44. The fourth-order valence-corrected chi connectivity index (χ4v) is 2.99. The molecular weight excluding hydrogens is 344 g/mol. The summed E-state index contributed by atoms with van der Waals surface area (Å²) < 4.78 is 23.2. The van der Waals surface area contributed by atoms with Crippen LogP contribution in [0.25, 0.3) is 0 Å². The maximum atomic E-state index is 11.6. The fraction of sp³-hybridized carbons (Fsp3) is 0.312. The molecule has 25 heavy (non-hydrogen) atoms. The van der Waals surface area contributed by atoms with Crippen molar-refractivity contribution in [3.05, 3.63) is 46.6 Å². The molecular formula is C16H20N4O4S. The minimum Gasteiger partial charge on any atom is -0.357 e. The van der Waals surface area contributed by atoms with E-state index >= 15 is 0 Å². The van der Waals surface area contributed by atoms with Crippen LogP contribution in [-0.4, -0.2) is 37.7 Å². The summed E-state index contributed by atoms with van der Waals surface area (Å²) in [4.78, 5) is 17.0. The highest BCUT2D eigenvalue weighted by atomic mass is 32.2. The smallest absolute Gasteiger partial charge is 0.293 e. The molecule has 1 aromatic heterocycles. The van der Waals surface area contributed by atoms with Gasteiger partial charge in [0.25, 0.3) is 5.69 Å².